The van der Waals surface area contributed by atoms with Gasteiger partial charge in [-0.1, -0.05) is 18.2 Å². The largest absolute Gasteiger partial charge is 0.443 e. The van der Waals surface area contributed by atoms with Crippen LogP contribution in [0.5, 0.6) is 0 Å². The Morgan fingerprint density at radius 1 is 1.05 bits per heavy atom. The second-order valence-electron chi connectivity index (χ2n) is 6.11. The third-order valence-electron chi connectivity index (χ3n) is 3.27. The van der Waals surface area contributed by atoms with Crippen LogP contribution >= 0.6 is 0 Å². The molecule has 0 atom stereocenters. The van der Waals surface area contributed by atoms with E-state index in [4.69, 9.17) is 10.5 Å². The molecule has 0 spiro atoms. The monoisotopic (exact) mass is 282 g/mol. The molecule has 21 heavy (non-hydrogen) atoms. The minimum absolute atomic E-state index is 0.376. The van der Waals surface area contributed by atoms with Gasteiger partial charge in [-0.05, 0) is 45.0 Å². The van der Waals surface area contributed by atoms with Gasteiger partial charge in [0.25, 0.3) is 0 Å². The van der Waals surface area contributed by atoms with Crippen LogP contribution in [0.3, 0.4) is 0 Å². The fourth-order valence-corrected chi connectivity index (χ4v) is 2.49. The summed E-state index contributed by atoms with van der Waals surface area (Å²) in [6, 6.07) is 13.3. The van der Waals surface area contributed by atoms with E-state index in [9.17, 15) is 4.79 Å². The number of carbonyl (C=O) groups excluding carboxylic acids is 1. The maximum absolute atomic E-state index is 12.5. The Morgan fingerprint density at radius 3 is 2.43 bits per heavy atom. The Morgan fingerprint density at radius 2 is 1.71 bits per heavy atom. The summed E-state index contributed by atoms with van der Waals surface area (Å²) in [4.78, 5) is 12.5. The molecule has 0 aliphatic carbocycles. The number of fused-ring (bicyclic) bond motifs is 3. The van der Waals surface area contributed by atoms with Gasteiger partial charge in [0.05, 0.1) is 11.0 Å². The number of para-hydroxylation sites is 1. The van der Waals surface area contributed by atoms with E-state index < -0.39 is 5.60 Å². The number of aromatic nitrogens is 1. The number of nitrogen functional groups attached to an aromatic ring is 1. The van der Waals surface area contributed by atoms with Crippen molar-refractivity contribution in [3.8, 4) is 0 Å². The van der Waals surface area contributed by atoms with Gasteiger partial charge in [-0.25, -0.2) is 9.36 Å². The first-order valence-electron chi connectivity index (χ1n) is 6.89. The number of carbonyl (C=O) groups is 1. The van der Waals surface area contributed by atoms with Crippen molar-refractivity contribution in [2.45, 2.75) is 26.4 Å². The number of nitrogens with zero attached hydrogens (tertiary/aromatic N) is 1. The lowest BCUT2D eigenvalue weighted by Gasteiger charge is -2.20. The van der Waals surface area contributed by atoms with Gasteiger partial charge in [0.15, 0.2) is 0 Å². The third-order valence-corrected chi connectivity index (χ3v) is 3.27. The summed E-state index contributed by atoms with van der Waals surface area (Å²) >= 11 is 0. The molecule has 0 radical (unpaired) electrons. The summed E-state index contributed by atoms with van der Waals surface area (Å²) < 4.78 is 7.13. The molecule has 2 N–H and O–H groups in total. The second-order valence-corrected chi connectivity index (χ2v) is 6.11. The van der Waals surface area contributed by atoms with E-state index in [0.29, 0.717) is 5.69 Å². The summed E-state index contributed by atoms with van der Waals surface area (Å²) in [5, 5.41) is 1.95. The van der Waals surface area contributed by atoms with Gasteiger partial charge in [0.1, 0.15) is 5.60 Å². The van der Waals surface area contributed by atoms with Crippen LogP contribution in [0.15, 0.2) is 42.5 Å². The molecule has 2 aromatic carbocycles. The average Bonchev–Trinajstić information content (AvgIpc) is 2.71. The van der Waals surface area contributed by atoms with Crippen LogP contribution in [-0.2, 0) is 4.74 Å². The zero-order valence-electron chi connectivity index (χ0n) is 12.4. The van der Waals surface area contributed by atoms with Gasteiger partial charge in [-0.15, -0.1) is 0 Å². The maximum Gasteiger partial charge on any atom is 0.419 e. The number of rotatable bonds is 0. The second kappa shape index (κ2) is 4.52. The summed E-state index contributed by atoms with van der Waals surface area (Å²) in [5.74, 6) is 0. The Kier molecular flexibility index (Phi) is 2.90. The fraction of sp³-hybridized carbons (Fsp3) is 0.235. The number of hydrogen-bond donors (Lipinski definition) is 1. The average molecular weight is 282 g/mol. The normalized spacial score (nSPS) is 12.0. The van der Waals surface area contributed by atoms with Crippen LogP contribution in [-0.4, -0.2) is 16.3 Å². The number of ether oxygens (including phenoxy) is 1. The van der Waals surface area contributed by atoms with Gasteiger partial charge in [-0.3, -0.25) is 0 Å². The SMILES string of the molecule is CC(C)(C)OC(=O)n1c2ccccc2c2cc(N)ccc21. The first kappa shape index (κ1) is 13.5. The van der Waals surface area contributed by atoms with E-state index in [0.717, 1.165) is 21.8 Å². The predicted octanol–water partition coefficient (Wildman–Crippen LogP) is 4.16. The predicted molar refractivity (Wildman–Crippen MR) is 85.5 cm³/mol. The number of nitrogens with two attached hydrogens (primary N) is 1. The van der Waals surface area contributed by atoms with Crippen LogP contribution in [0.4, 0.5) is 10.5 Å². The van der Waals surface area contributed by atoms with Crippen molar-refractivity contribution in [1.29, 1.82) is 0 Å². The van der Waals surface area contributed by atoms with Crippen LogP contribution in [0, 0.1) is 0 Å². The van der Waals surface area contributed by atoms with Crippen molar-refractivity contribution >= 4 is 33.6 Å². The molecule has 4 nitrogen and oxygen atoms in total. The number of hydrogen-bond acceptors (Lipinski definition) is 3. The molecular formula is C17H18N2O2. The molecule has 0 fully saturated rings. The molecule has 0 aliphatic heterocycles. The van der Waals surface area contributed by atoms with Crippen molar-refractivity contribution in [2.75, 3.05) is 5.73 Å². The minimum atomic E-state index is -0.539. The zero-order chi connectivity index (χ0) is 15.2. The summed E-state index contributed by atoms with van der Waals surface area (Å²) in [6.07, 6.45) is -0.376. The molecule has 1 heterocycles. The Hall–Kier alpha value is -2.49. The highest BCUT2D eigenvalue weighted by atomic mass is 16.6. The molecule has 4 heteroatoms. The maximum atomic E-state index is 12.5. The molecule has 0 unspecified atom stereocenters. The molecule has 0 saturated carbocycles. The summed E-state index contributed by atoms with van der Waals surface area (Å²) in [7, 11) is 0. The first-order chi connectivity index (χ1) is 9.87. The highest BCUT2D eigenvalue weighted by Gasteiger charge is 2.22. The summed E-state index contributed by atoms with van der Waals surface area (Å²) in [6.45, 7) is 5.57. The molecular weight excluding hydrogens is 264 g/mol. The lowest BCUT2D eigenvalue weighted by atomic mass is 10.1. The fourth-order valence-electron chi connectivity index (χ4n) is 2.49. The Bertz CT molecular complexity index is 841. The number of anilines is 1. The van der Waals surface area contributed by atoms with Gasteiger partial charge >= 0.3 is 6.09 Å². The Balaban J connectivity index is 2.31. The minimum Gasteiger partial charge on any atom is -0.443 e. The zero-order valence-corrected chi connectivity index (χ0v) is 12.4. The van der Waals surface area contributed by atoms with Gasteiger partial charge < -0.3 is 10.5 Å². The van der Waals surface area contributed by atoms with Crippen molar-refractivity contribution < 1.29 is 9.53 Å². The summed E-state index contributed by atoms with van der Waals surface area (Å²) in [5.41, 5.74) is 7.64. The van der Waals surface area contributed by atoms with Gasteiger partial charge in [0.2, 0.25) is 0 Å². The van der Waals surface area contributed by atoms with Crippen molar-refractivity contribution in [3.05, 3.63) is 42.5 Å². The van der Waals surface area contributed by atoms with Crippen molar-refractivity contribution in [1.82, 2.24) is 4.57 Å². The van der Waals surface area contributed by atoms with Gasteiger partial charge in [-0.2, -0.15) is 0 Å². The van der Waals surface area contributed by atoms with E-state index in [1.807, 2.05) is 57.2 Å². The van der Waals surface area contributed by atoms with E-state index in [-0.39, 0.29) is 6.09 Å². The van der Waals surface area contributed by atoms with Gasteiger partial charge in [0, 0.05) is 16.5 Å². The van der Waals surface area contributed by atoms with E-state index in [1.165, 1.54) is 0 Å². The molecule has 1 aromatic heterocycles. The molecule has 0 aliphatic rings. The standard InChI is InChI=1S/C17H18N2O2/c1-17(2,3)21-16(20)19-14-7-5-4-6-12(14)13-10-11(18)8-9-15(13)19/h4-10H,18H2,1-3H3. The molecule has 108 valence electrons. The van der Waals surface area contributed by atoms with E-state index >= 15 is 0 Å². The van der Waals surface area contributed by atoms with Crippen LogP contribution in [0.2, 0.25) is 0 Å². The molecule has 3 rings (SSSR count). The van der Waals surface area contributed by atoms with Crippen molar-refractivity contribution in [2.24, 2.45) is 0 Å². The molecule has 3 aromatic rings. The Labute approximate surface area is 123 Å². The third kappa shape index (κ3) is 2.33. The highest BCUT2D eigenvalue weighted by molar-refractivity contribution is 6.13. The topological polar surface area (TPSA) is 57.2 Å². The van der Waals surface area contributed by atoms with E-state index in [1.54, 1.807) is 10.6 Å². The molecule has 0 amide bonds. The van der Waals surface area contributed by atoms with Crippen LogP contribution < -0.4 is 5.73 Å². The van der Waals surface area contributed by atoms with Crippen LogP contribution in [0.1, 0.15) is 20.8 Å². The molecule has 0 saturated heterocycles. The quantitative estimate of drug-likeness (QED) is 0.630. The highest BCUT2D eigenvalue weighted by Crippen LogP contribution is 2.31. The van der Waals surface area contributed by atoms with Crippen LogP contribution in [0.25, 0.3) is 21.8 Å². The van der Waals surface area contributed by atoms with Crippen molar-refractivity contribution in [3.63, 3.8) is 0 Å². The first-order valence-corrected chi connectivity index (χ1v) is 6.89. The smallest absolute Gasteiger partial charge is 0.419 e. The lowest BCUT2D eigenvalue weighted by molar-refractivity contribution is 0.0551. The lowest BCUT2D eigenvalue weighted by Crippen LogP contribution is -2.27. The van der Waals surface area contributed by atoms with E-state index in [2.05, 4.69) is 0 Å². The number of benzene rings is 2. The molecule has 0 bridgehead atoms.